The average molecular weight is 356 g/mol. The predicted octanol–water partition coefficient (Wildman–Crippen LogP) is 2.42. The molecule has 2 aromatic rings. The van der Waals surface area contributed by atoms with E-state index in [-0.39, 0.29) is 22.6 Å². The minimum absolute atomic E-state index is 0.0350. The number of nitrogens with one attached hydrogen (secondary N) is 1. The van der Waals surface area contributed by atoms with Gasteiger partial charge in [0.2, 0.25) is 5.95 Å². The van der Waals surface area contributed by atoms with E-state index >= 15 is 0 Å². The van der Waals surface area contributed by atoms with Crippen molar-refractivity contribution in [2.75, 3.05) is 7.11 Å². The van der Waals surface area contributed by atoms with Crippen molar-refractivity contribution >= 4 is 12.1 Å². The number of benzene rings is 1. The Morgan fingerprint density at radius 1 is 1.44 bits per heavy atom. The van der Waals surface area contributed by atoms with E-state index in [1.165, 1.54) is 31.5 Å². The summed E-state index contributed by atoms with van der Waals surface area (Å²) in [6.45, 7) is -0.927. The maximum absolute atomic E-state index is 13.7. The van der Waals surface area contributed by atoms with Crippen molar-refractivity contribution in [3.05, 3.63) is 41.5 Å². The van der Waals surface area contributed by atoms with Crippen molar-refractivity contribution in [3.63, 3.8) is 0 Å². The number of amides is 1. The van der Waals surface area contributed by atoms with Crippen molar-refractivity contribution < 1.29 is 27.4 Å². The molecule has 0 atom stereocenters. The smallest absolute Gasteiger partial charge is 0.387 e. The summed E-state index contributed by atoms with van der Waals surface area (Å²) in [4.78, 5) is 12.0. The molecule has 7 nitrogen and oxygen atoms in total. The van der Waals surface area contributed by atoms with Gasteiger partial charge in [-0.25, -0.2) is 10.1 Å². The molecule has 1 aromatic heterocycles. The second-order valence-corrected chi connectivity index (χ2v) is 4.65. The molecule has 0 aliphatic rings. The first-order chi connectivity index (χ1) is 12.0. The number of nitrogens with zero attached hydrogens (tertiary/aromatic N) is 3. The fourth-order valence-electron chi connectivity index (χ4n) is 1.92. The van der Waals surface area contributed by atoms with Crippen LogP contribution in [-0.2, 0) is 6.54 Å². The van der Waals surface area contributed by atoms with Gasteiger partial charge in [0.1, 0.15) is 0 Å². The summed E-state index contributed by atoms with van der Waals surface area (Å²) in [6.07, 6.45) is 2.38. The van der Waals surface area contributed by atoms with Gasteiger partial charge in [-0.1, -0.05) is 0 Å². The molecule has 0 aliphatic carbocycles. The lowest BCUT2D eigenvalue weighted by atomic mass is 10.2. The number of aromatic nitrogens is 2. The van der Waals surface area contributed by atoms with E-state index in [0.29, 0.717) is 6.54 Å². The number of carbonyl (C=O) groups is 1. The number of ether oxygens (including phenoxy) is 2. The van der Waals surface area contributed by atoms with Gasteiger partial charge in [-0.2, -0.15) is 23.4 Å². The van der Waals surface area contributed by atoms with Crippen LogP contribution in [0.5, 0.6) is 11.5 Å². The summed E-state index contributed by atoms with van der Waals surface area (Å²) in [5.74, 6) is -1.45. The molecule has 0 saturated heterocycles. The highest BCUT2D eigenvalue weighted by Crippen LogP contribution is 2.29. The monoisotopic (exact) mass is 356 g/mol. The first kappa shape index (κ1) is 18.3. The van der Waals surface area contributed by atoms with Gasteiger partial charge in [0, 0.05) is 12.1 Å². The Hall–Kier alpha value is -3.04. The Labute approximate surface area is 141 Å². The lowest BCUT2D eigenvalue weighted by Crippen LogP contribution is -2.18. The van der Waals surface area contributed by atoms with Crippen LogP contribution < -0.4 is 14.9 Å². The number of aryl methyl sites for hydroxylation is 1. The summed E-state index contributed by atoms with van der Waals surface area (Å²) < 4.78 is 48.6. The van der Waals surface area contributed by atoms with Crippen LogP contribution in [0.3, 0.4) is 0 Å². The number of hydrogen-bond acceptors (Lipinski definition) is 5. The Kier molecular flexibility index (Phi) is 5.98. The van der Waals surface area contributed by atoms with Crippen LogP contribution in [0.25, 0.3) is 0 Å². The molecule has 0 fully saturated rings. The van der Waals surface area contributed by atoms with Crippen LogP contribution >= 0.6 is 0 Å². The first-order valence-electron chi connectivity index (χ1n) is 7.13. The number of hydrogen-bond donors (Lipinski definition) is 1. The highest BCUT2D eigenvalue weighted by Gasteiger charge is 2.14. The van der Waals surface area contributed by atoms with Gasteiger partial charge in [0.25, 0.3) is 5.91 Å². The summed E-state index contributed by atoms with van der Waals surface area (Å²) >= 11 is 0. The van der Waals surface area contributed by atoms with Gasteiger partial charge in [0.05, 0.1) is 25.1 Å². The van der Waals surface area contributed by atoms with E-state index in [9.17, 15) is 18.0 Å². The number of alkyl halides is 2. The SMILES string of the molecule is CCn1ncc(/C=N\NC(=O)c2ccc(OC(F)F)c(OC)c2)c1F. The lowest BCUT2D eigenvalue weighted by molar-refractivity contribution is -0.0512. The van der Waals surface area contributed by atoms with E-state index in [4.69, 9.17) is 4.74 Å². The fraction of sp³-hybridized carbons (Fsp3) is 0.267. The topological polar surface area (TPSA) is 77.7 Å². The third-order valence-corrected chi connectivity index (χ3v) is 3.11. The van der Waals surface area contributed by atoms with Crippen LogP contribution in [0.15, 0.2) is 29.5 Å². The summed E-state index contributed by atoms with van der Waals surface area (Å²) in [5, 5.41) is 7.43. The maximum Gasteiger partial charge on any atom is 0.387 e. The zero-order valence-electron chi connectivity index (χ0n) is 13.4. The summed E-state index contributed by atoms with van der Waals surface area (Å²) in [7, 11) is 1.25. The normalized spacial score (nSPS) is 11.1. The number of methoxy groups -OCH3 is 1. The van der Waals surface area contributed by atoms with Gasteiger partial charge < -0.3 is 9.47 Å². The van der Waals surface area contributed by atoms with Gasteiger partial charge in [-0.3, -0.25) is 4.79 Å². The third-order valence-electron chi connectivity index (χ3n) is 3.11. The Morgan fingerprint density at radius 2 is 2.20 bits per heavy atom. The molecule has 1 N–H and O–H groups in total. The van der Waals surface area contributed by atoms with Crippen LogP contribution in [-0.4, -0.2) is 35.6 Å². The summed E-state index contributed by atoms with van der Waals surface area (Å²) in [6, 6.07) is 3.66. The van der Waals surface area contributed by atoms with Gasteiger partial charge >= 0.3 is 6.61 Å². The number of hydrazone groups is 1. The number of halogens is 3. The van der Waals surface area contributed by atoms with E-state index in [1.807, 2.05) is 0 Å². The Balaban J connectivity index is 2.07. The third kappa shape index (κ3) is 4.49. The highest BCUT2D eigenvalue weighted by atomic mass is 19.3. The van der Waals surface area contributed by atoms with Crippen LogP contribution in [0, 0.1) is 5.95 Å². The van der Waals surface area contributed by atoms with Crippen molar-refractivity contribution in [1.29, 1.82) is 0 Å². The minimum Gasteiger partial charge on any atom is -0.493 e. The van der Waals surface area contributed by atoms with E-state index in [1.54, 1.807) is 6.92 Å². The fourth-order valence-corrected chi connectivity index (χ4v) is 1.92. The molecule has 1 amide bonds. The Morgan fingerprint density at radius 3 is 2.80 bits per heavy atom. The van der Waals surface area contributed by atoms with Crippen molar-refractivity contribution in [2.45, 2.75) is 20.1 Å². The molecule has 0 spiro atoms. The molecule has 10 heteroatoms. The highest BCUT2D eigenvalue weighted by molar-refractivity contribution is 5.95. The van der Waals surface area contributed by atoms with E-state index in [0.717, 1.165) is 10.9 Å². The molecule has 0 radical (unpaired) electrons. The molecule has 134 valence electrons. The number of carbonyl (C=O) groups excluding carboxylic acids is 1. The van der Waals surface area contributed by atoms with Crippen LogP contribution in [0.4, 0.5) is 13.2 Å². The molecule has 2 rings (SSSR count). The van der Waals surface area contributed by atoms with Gasteiger partial charge in [-0.15, -0.1) is 0 Å². The maximum atomic E-state index is 13.7. The van der Waals surface area contributed by atoms with Crippen molar-refractivity contribution in [2.24, 2.45) is 5.10 Å². The standard InChI is InChI=1S/C15H15F3N4O3/c1-3-22-13(16)10(8-20-22)7-19-21-14(23)9-4-5-11(25-15(17)18)12(6-9)24-2/h4-8,15H,3H2,1-2H3,(H,21,23)/b19-7-. The molecule has 25 heavy (non-hydrogen) atoms. The zero-order valence-corrected chi connectivity index (χ0v) is 13.4. The Bertz CT molecular complexity index is 777. The van der Waals surface area contributed by atoms with E-state index in [2.05, 4.69) is 20.4 Å². The first-order valence-corrected chi connectivity index (χ1v) is 7.13. The van der Waals surface area contributed by atoms with Gasteiger partial charge in [0.15, 0.2) is 11.5 Å². The molecule has 0 saturated carbocycles. The number of rotatable bonds is 7. The summed E-state index contributed by atoms with van der Waals surface area (Å²) in [5.41, 5.74) is 2.40. The van der Waals surface area contributed by atoms with Crippen molar-refractivity contribution in [1.82, 2.24) is 15.2 Å². The second kappa shape index (κ2) is 8.18. The minimum atomic E-state index is -3.02. The van der Waals surface area contributed by atoms with E-state index < -0.39 is 18.5 Å². The lowest BCUT2D eigenvalue weighted by Gasteiger charge is -2.10. The molecule has 1 heterocycles. The van der Waals surface area contributed by atoms with Crippen LogP contribution in [0.2, 0.25) is 0 Å². The van der Waals surface area contributed by atoms with Crippen LogP contribution in [0.1, 0.15) is 22.8 Å². The average Bonchev–Trinajstić information content (AvgIpc) is 2.94. The largest absolute Gasteiger partial charge is 0.493 e. The molecule has 0 unspecified atom stereocenters. The van der Waals surface area contributed by atoms with Gasteiger partial charge in [-0.05, 0) is 25.1 Å². The molecule has 0 bridgehead atoms. The second-order valence-electron chi connectivity index (χ2n) is 4.65. The van der Waals surface area contributed by atoms with Crippen molar-refractivity contribution in [3.8, 4) is 11.5 Å². The molecular formula is C15H15F3N4O3. The predicted molar refractivity (Wildman–Crippen MR) is 82.5 cm³/mol. The quantitative estimate of drug-likeness (QED) is 0.610. The zero-order chi connectivity index (χ0) is 18.4. The molecule has 1 aromatic carbocycles. The molecule has 0 aliphatic heterocycles. The molecular weight excluding hydrogens is 341 g/mol.